The number of carbonyl (C=O) groups is 2. The summed E-state index contributed by atoms with van der Waals surface area (Å²) < 4.78 is 16.6. The molecule has 1 saturated carbocycles. The molecule has 1 aromatic rings. The van der Waals surface area contributed by atoms with Crippen molar-refractivity contribution in [2.24, 2.45) is 0 Å². The summed E-state index contributed by atoms with van der Waals surface area (Å²) >= 11 is 0. The molecule has 27 heavy (non-hydrogen) atoms. The molecule has 0 bridgehead atoms. The van der Waals surface area contributed by atoms with Crippen LogP contribution in [0.3, 0.4) is 0 Å². The van der Waals surface area contributed by atoms with Gasteiger partial charge in [0.1, 0.15) is 0 Å². The van der Waals surface area contributed by atoms with Crippen molar-refractivity contribution in [1.29, 1.82) is 0 Å². The van der Waals surface area contributed by atoms with Gasteiger partial charge in [0.05, 0.1) is 19.8 Å². The minimum atomic E-state index is -0.0983. The third kappa shape index (κ3) is 5.35. The molecule has 0 unspecified atom stereocenters. The van der Waals surface area contributed by atoms with Crippen molar-refractivity contribution in [3.05, 3.63) is 23.8 Å². The largest absolute Gasteiger partial charge is 0.490 e. The normalized spacial score (nSPS) is 17.6. The minimum Gasteiger partial charge on any atom is -0.490 e. The highest BCUT2D eigenvalue weighted by Gasteiger charge is 2.20. The van der Waals surface area contributed by atoms with E-state index in [1.807, 2.05) is 6.92 Å². The zero-order valence-electron chi connectivity index (χ0n) is 15.9. The maximum Gasteiger partial charge on any atom is 0.260 e. The number of nitrogens with zero attached hydrogens (tertiary/aromatic N) is 1. The van der Waals surface area contributed by atoms with E-state index in [4.69, 9.17) is 14.2 Å². The van der Waals surface area contributed by atoms with Crippen molar-refractivity contribution >= 4 is 11.8 Å². The third-order valence-electron chi connectivity index (χ3n) is 4.91. The fourth-order valence-electron chi connectivity index (χ4n) is 3.42. The van der Waals surface area contributed by atoms with E-state index >= 15 is 0 Å². The Labute approximate surface area is 160 Å². The van der Waals surface area contributed by atoms with E-state index in [1.165, 1.54) is 12.8 Å². The number of rotatable bonds is 7. The second kappa shape index (κ2) is 9.60. The van der Waals surface area contributed by atoms with Gasteiger partial charge in [0.15, 0.2) is 18.1 Å². The highest BCUT2D eigenvalue weighted by Crippen LogP contribution is 2.29. The molecule has 1 saturated heterocycles. The smallest absolute Gasteiger partial charge is 0.260 e. The second-order valence-corrected chi connectivity index (χ2v) is 6.83. The Hall–Kier alpha value is -2.28. The van der Waals surface area contributed by atoms with Gasteiger partial charge in [-0.1, -0.05) is 12.8 Å². The monoisotopic (exact) mass is 376 g/mol. The van der Waals surface area contributed by atoms with Crippen LogP contribution >= 0.6 is 0 Å². The van der Waals surface area contributed by atoms with Crippen LogP contribution in [0, 0.1) is 0 Å². The Bertz CT molecular complexity index is 652. The molecule has 1 aromatic carbocycles. The Kier molecular flexibility index (Phi) is 6.92. The molecule has 1 aliphatic heterocycles. The van der Waals surface area contributed by atoms with E-state index in [2.05, 4.69) is 5.32 Å². The number of ether oxygens (including phenoxy) is 3. The fourth-order valence-corrected chi connectivity index (χ4v) is 3.42. The summed E-state index contributed by atoms with van der Waals surface area (Å²) in [6, 6.07) is 5.35. The van der Waals surface area contributed by atoms with Crippen LogP contribution in [-0.2, 0) is 9.53 Å². The van der Waals surface area contributed by atoms with Crippen LogP contribution in [0.5, 0.6) is 11.5 Å². The van der Waals surface area contributed by atoms with Crippen molar-refractivity contribution in [3.63, 3.8) is 0 Å². The Balaban J connectivity index is 1.62. The molecule has 2 aliphatic rings. The maximum absolute atomic E-state index is 12.5. The van der Waals surface area contributed by atoms with Gasteiger partial charge in [-0.3, -0.25) is 9.59 Å². The lowest BCUT2D eigenvalue weighted by molar-refractivity contribution is -0.137. The molecule has 148 valence electrons. The van der Waals surface area contributed by atoms with Gasteiger partial charge in [-0.25, -0.2) is 0 Å². The number of nitrogens with one attached hydrogen (secondary N) is 1. The summed E-state index contributed by atoms with van der Waals surface area (Å²) in [6.07, 6.45) is 4.40. The number of hydrogen-bond acceptors (Lipinski definition) is 5. The van der Waals surface area contributed by atoms with Crippen LogP contribution in [0.25, 0.3) is 0 Å². The Morgan fingerprint density at radius 3 is 2.59 bits per heavy atom. The maximum atomic E-state index is 12.5. The number of carbonyl (C=O) groups excluding carboxylic acids is 2. The zero-order valence-corrected chi connectivity index (χ0v) is 15.9. The Morgan fingerprint density at radius 2 is 1.89 bits per heavy atom. The summed E-state index contributed by atoms with van der Waals surface area (Å²) in [5.74, 6) is 0.768. The third-order valence-corrected chi connectivity index (χ3v) is 4.91. The zero-order chi connectivity index (χ0) is 19.1. The van der Waals surface area contributed by atoms with Crippen molar-refractivity contribution in [2.75, 3.05) is 39.5 Å². The van der Waals surface area contributed by atoms with E-state index in [1.54, 1.807) is 23.1 Å². The van der Waals surface area contributed by atoms with Crippen molar-refractivity contribution < 1.29 is 23.8 Å². The fraction of sp³-hybridized carbons (Fsp3) is 0.600. The molecule has 2 fully saturated rings. The first-order chi connectivity index (χ1) is 13.2. The van der Waals surface area contributed by atoms with E-state index in [9.17, 15) is 9.59 Å². The van der Waals surface area contributed by atoms with Gasteiger partial charge >= 0.3 is 0 Å². The van der Waals surface area contributed by atoms with Crippen LogP contribution in [-0.4, -0.2) is 62.3 Å². The van der Waals surface area contributed by atoms with Gasteiger partial charge in [0.2, 0.25) is 0 Å². The lowest BCUT2D eigenvalue weighted by atomic mass is 10.1. The molecule has 2 amide bonds. The predicted molar refractivity (Wildman–Crippen MR) is 100 cm³/mol. The summed E-state index contributed by atoms with van der Waals surface area (Å²) in [5.41, 5.74) is 0.539. The lowest BCUT2D eigenvalue weighted by Crippen LogP contribution is -2.43. The molecule has 7 nitrogen and oxygen atoms in total. The molecule has 1 heterocycles. The minimum absolute atomic E-state index is 0.0618. The standard InChI is InChI=1S/C20H28N2O5/c1-2-26-18-13-15(20(24)21-16-5-3-4-6-16)7-8-17(18)27-14-19(23)22-9-11-25-12-10-22/h7-8,13,16H,2-6,9-12,14H2,1H3,(H,21,24). The van der Waals surface area contributed by atoms with E-state index in [-0.39, 0.29) is 24.5 Å². The first-order valence-electron chi connectivity index (χ1n) is 9.73. The molecule has 7 heteroatoms. The van der Waals surface area contributed by atoms with Gasteiger partial charge < -0.3 is 24.4 Å². The summed E-state index contributed by atoms with van der Waals surface area (Å²) in [6.45, 7) is 4.53. The quantitative estimate of drug-likeness (QED) is 0.788. The number of amides is 2. The van der Waals surface area contributed by atoms with Crippen LogP contribution < -0.4 is 14.8 Å². The average molecular weight is 376 g/mol. The topological polar surface area (TPSA) is 77.1 Å². The highest BCUT2D eigenvalue weighted by molar-refractivity contribution is 5.95. The SMILES string of the molecule is CCOc1cc(C(=O)NC2CCCC2)ccc1OCC(=O)N1CCOCC1. The van der Waals surface area contributed by atoms with E-state index in [0.29, 0.717) is 50.0 Å². The molecule has 1 aliphatic carbocycles. The molecule has 0 aromatic heterocycles. The van der Waals surface area contributed by atoms with Gasteiger partial charge in [-0.05, 0) is 38.0 Å². The predicted octanol–water partition coefficient (Wildman–Crippen LogP) is 2.00. The van der Waals surface area contributed by atoms with E-state index < -0.39 is 0 Å². The number of morpholine rings is 1. The lowest BCUT2D eigenvalue weighted by Gasteiger charge is -2.26. The summed E-state index contributed by atoms with van der Waals surface area (Å²) in [4.78, 5) is 26.4. The molecule has 1 N–H and O–H groups in total. The first kappa shape index (κ1) is 19.5. The van der Waals surface area contributed by atoms with Crippen LogP contribution in [0.1, 0.15) is 43.0 Å². The van der Waals surface area contributed by atoms with Gasteiger partial charge in [-0.2, -0.15) is 0 Å². The Morgan fingerprint density at radius 1 is 1.15 bits per heavy atom. The molecule has 0 radical (unpaired) electrons. The van der Waals surface area contributed by atoms with Crippen molar-refractivity contribution in [2.45, 2.75) is 38.6 Å². The molecular weight excluding hydrogens is 348 g/mol. The first-order valence-corrected chi connectivity index (χ1v) is 9.73. The van der Waals surface area contributed by atoms with Crippen molar-refractivity contribution in [3.8, 4) is 11.5 Å². The van der Waals surface area contributed by atoms with E-state index in [0.717, 1.165) is 12.8 Å². The summed E-state index contributed by atoms with van der Waals surface area (Å²) in [5, 5.41) is 3.07. The van der Waals surface area contributed by atoms with Gasteiger partial charge in [0, 0.05) is 24.7 Å². The van der Waals surface area contributed by atoms with Crippen LogP contribution in [0.15, 0.2) is 18.2 Å². The molecule has 0 spiro atoms. The number of hydrogen-bond donors (Lipinski definition) is 1. The molecule has 3 rings (SSSR count). The number of benzene rings is 1. The molecule has 0 atom stereocenters. The molecular formula is C20H28N2O5. The average Bonchev–Trinajstić information content (AvgIpc) is 3.20. The summed E-state index contributed by atoms with van der Waals surface area (Å²) in [7, 11) is 0. The second-order valence-electron chi connectivity index (χ2n) is 6.83. The van der Waals surface area contributed by atoms with Crippen LogP contribution in [0.4, 0.5) is 0 Å². The van der Waals surface area contributed by atoms with Gasteiger partial charge in [-0.15, -0.1) is 0 Å². The van der Waals surface area contributed by atoms with Gasteiger partial charge in [0.25, 0.3) is 11.8 Å². The van der Waals surface area contributed by atoms with Crippen LogP contribution in [0.2, 0.25) is 0 Å². The van der Waals surface area contributed by atoms with Crippen molar-refractivity contribution in [1.82, 2.24) is 10.2 Å². The highest BCUT2D eigenvalue weighted by atomic mass is 16.5.